The number of nitrogens with one attached hydrogen (secondary N) is 9. The number of hydrogen-bond donors (Lipinski definition) is 11. The van der Waals surface area contributed by atoms with Gasteiger partial charge in [0.2, 0.25) is 47.3 Å². The van der Waals surface area contributed by atoms with Gasteiger partial charge in [0.05, 0.1) is 39.6 Å². The predicted octanol–water partition coefficient (Wildman–Crippen LogP) is 0.311. The van der Waals surface area contributed by atoms with Gasteiger partial charge < -0.3 is 62.2 Å². The second-order valence-corrected chi connectivity index (χ2v) is 19.1. The highest BCUT2D eigenvalue weighted by Crippen LogP contribution is 2.17. The van der Waals surface area contributed by atoms with E-state index in [4.69, 9.17) is 9.47 Å². The SMILES string of the molecule is CCCC[C@H](NC(=O)[C@H](CC1=CCC=N1)NC(=O)[C@H](CC1=CCC=N1)NC(=O)[C@@H](CO)NC(=O)[C@H](CO)NC(=O)CNC(=O)COCCOCCNC(=O)CCCCCCCCCCCCCCCc1nn[nH]n1)C(=O)NC. The molecule has 0 saturated carbocycles. The summed E-state index contributed by atoms with van der Waals surface area (Å²) >= 11 is 0. The molecule has 3 heterocycles. The van der Waals surface area contributed by atoms with Crippen LogP contribution in [0.5, 0.6) is 0 Å². The molecule has 1 aromatic heterocycles. The molecule has 11 N–H and O–H groups in total. The molecule has 0 saturated heterocycles. The molecule has 1 aromatic rings. The first kappa shape index (κ1) is 65.8. The van der Waals surface area contributed by atoms with Gasteiger partial charge in [0.25, 0.3) is 0 Å². The number of aliphatic imine (C=N–C) groups is 2. The number of H-pyrrole nitrogens is 1. The molecule has 2 aliphatic rings. The number of rotatable bonds is 45. The van der Waals surface area contributed by atoms with E-state index in [1.54, 1.807) is 24.6 Å². The summed E-state index contributed by atoms with van der Waals surface area (Å²) in [6, 6.07) is -6.76. The normalized spacial score (nSPS) is 14.5. The first-order valence-electron chi connectivity index (χ1n) is 27.7. The molecule has 2 aliphatic heterocycles. The van der Waals surface area contributed by atoms with Crippen LogP contribution in [-0.2, 0) is 54.3 Å². The number of amides is 8. The summed E-state index contributed by atoms with van der Waals surface area (Å²) in [7, 11) is 1.45. The number of carbonyl (C=O) groups is 8. The highest BCUT2D eigenvalue weighted by atomic mass is 16.5. The Labute approximate surface area is 457 Å². The lowest BCUT2D eigenvalue weighted by atomic mass is 10.0. The average Bonchev–Trinajstić information content (AvgIpc) is 4.27. The van der Waals surface area contributed by atoms with Crippen LogP contribution in [0.3, 0.4) is 0 Å². The first-order valence-corrected chi connectivity index (χ1v) is 27.7. The highest BCUT2D eigenvalue weighted by Gasteiger charge is 2.33. The predicted molar refractivity (Wildman–Crippen MR) is 289 cm³/mol. The molecule has 0 bridgehead atoms. The van der Waals surface area contributed by atoms with Gasteiger partial charge in [0.1, 0.15) is 36.8 Å². The minimum Gasteiger partial charge on any atom is -0.394 e. The summed E-state index contributed by atoms with van der Waals surface area (Å²) < 4.78 is 10.7. The van der Waals surface area contributed by atoms with Gasteiger partial charge in [-0.05, 0) is 19.3 Å². The van der Waals surface area contributed by atoms with Gasteiger partial charge >= 0.3 is 0 Å². The summed E-state index contributed by atoms with van der Waals surface area (Å²) in [6.07, 6.45) is 26.0. The summed E-state index contributed by atoms with van der Waals surface area (Å²) in [5, 5.41) is 54.2. The summed E-state index contributed by atoms with van der Waals surface area (Å²) in [5.41, 5.74) is 0.976. The number of unbranched alkanes of at least 4 members (excludes halogenated alkanes) is 13. The van der Waals surface area contributed by atoms with E-state index >= 15 is 0 Å². The molecule has 5 atom stereocenters. The molecule has 0 spiro atoms. The number of aromatic amines is 1. The van der Waals surface area contributed by atoms with Crippen LogP contribution in [0, 0.1) is 0 Å². The van der Waals surface area contributed by atoms with E-state index in [9.17, 15) is 48.6 Å². The van der Waals surface area contributed by atoms with Gasteiger partial charge in [-0.1, -0.05) is 108 Å². The largest absolute Gasteiger partial charge is 0.394 e. The zero-order chi connectivity index (χ0) is 56.6. The summed E-state index contributed by atoms with van der Waals surface area (Å²) in [5.74, 6) is -4.70. The van der Waals surface area contributed by atoms with Crippen molar-refractivity contribution in [1.82, 2.24) is 63.2 Å². The van der Waals surface area contributed by atoms with Crippen molar-refractivity contribution in [2.75, 3.05) is 59.8 Å². The fraction of sp³-hybridized carbons (Fsp3) is 0.712. The molecule has 78 heavy (non-hydrogen) atoms. The second-order valence-electron chi connectivity index (χ2n) is 19.1. The quantitative estimate of drug-likeness (QED) is 0.0392. The van der Waals surface area contributed by atoms with Gasteiger partial charge in [-0.25, -0.2) is 0 Å². The number of aryl methyl sites for hydroxylation is 1. The van der Waals surface area contributed by atoms with Crippen LogP contribution in [0.4, 0.5) is 0 Å². The van der Waals surface area contributed by atoms with Crippen LogP contribution in [0.25, 0.3) is 0 Å². The van der Waals surface area contributed by atoms with Crippen LogP contribution in [-0.4, -0.2) is 181 Å². The lowest BCUT2D eigenvalue weighted by Gasteiger charge is -2.26. The van der Waals surface area contributed by atoms with Crippen molar-refractivity contribution in [2.45, 2.75) is 178 Å². The zero-order valence-electron chi connectivity index (χ0n) is 45.6. The number of carbonyl (C=O) groups excluding carboxylic acids is 8. The third-order valence-electron chi connectivity index (χ3n) is 12.7. The number of likely N-dealkylation sites (N-methyl/N-ethyl adjacent to an activating group) is 1. The van der Waals surface area contributed by atoms with E-state index in [2.05, 4.69) is 73.1 Å². The number of tetrazole rings is 1. The van der Waals surface area contributed by atoms with Crippen molar-refractivity contribution >= 4 is 59.7 Å². The number of aliphatic hydroxyl groups is 2. The van der Waals surface area contributed by atoms with E-state index in [0.717, 1.165) is 44.3 Å². The smallest absolute Gasteiger partial charge is 0.246 e. The van der Waals surface area contributed by atoms with Crippen molar-refractivity contribution in [3.8, 4) is 0 Å². The van der Waals surface area contributed by atoms with E-state index in [-0.39, 0.29) is 38.6 Å². The average molecular weight is 1100 g/mol. The second kappa shape index (κ2) is 40.7. The number of allylic oxidation sites excluding steroid dienone is 2. The van der Waals surface area contributed by atoms with E-state index in [1.807, 2.05) is 6.92 Å². The molecule has 0 fully saturated rings. The molecular weight excluding hydrogens is 1010 g/mol. The number of aromatic nitrogens is 4. The Bertz CT molecular complexity index is 2100. The topological polar surface area (TPSA) is 371 Å². The maximum atomic E-state index is 14.0. The molecule has 8 amide bonds. The summed E-state index contributed by atoms with van der Waals surface area (Å²) in [6.45, 7) is -0.119. The molecule has 436 valence electrons. The zero-order valence-corrected chi connectivity index (χ0v) is 45.6. The lowest BCUT2D eigenvalue weighted by molar-refractivity contribution is -0.136. The van der Waals surface area contributed by atoms with Crippen LogP contribution in [0.2, 0.25) is 0 Å². The van der Waals surface area contributed by atoms with Crippen molar-refractivity contribution in [3.63, 3.8) is 0 Å². The minimum atomic E-state index is -1.67. The molecule has 0 aliphatic carbocycles. The van der Waals surface area contributed by atoms with E-state index < -0.39 is 97.9 Å². The molecule has 26 heteroatoms. The maximum absolute atomic E-state index is 14.0. The molecular formula is C52H86N14O12. The Morgan fingerprint density at radius 1 is 0.577 bits per heavy atom. The highest BCUT2D eigenvalue weighted by molar-refractivity contribution is 5.97. The van der Waals surface area contributed by atoms with Gasteiger partial charge in [-0.2, -0.15) is 5.21 Å². The Hall–Kier alpha value is -6.51. The lowest BCUT2D eigenvalue weighted by Crippen LogP contribution is -2.60. The molecule has 3 rings (SSSR count). The van der Waals surface area contributed by atoms with Crippen LogP contribution >= 0.6 is 0 Å². The Balaban J connectivity index is 1.29. The standard InChI is InChI=1S/C52H86N14O12/c1-3-4-22-39(48(72)53-2)59-49(73)40(31-37-20-18-25-54-37)60-50(74)41(32-38-21-19-26-55-38)61-52(76)43(35-68)62-51(75)42(34-67)58-46(70)33-57-47(71)36-78-30-29-77-28-27-56-45(69)24-17-15-13-11-9-7-5-6-8-10-12-14-16-23-44-63-65-66-64-44/h20-21,25-26,39-43,67-68H,3-19,22-24,27-36H2,1-2H3,(H,53,72)(H,56,69)(H,57,71)(H,58,70)(H,59,73)(H,60,74)(H,61,76)(H,62,75)(H,63,64,65,66)/t39-,40-,41-,42-,43+/m0/s1. The van der Waals surface area contributed by atoms with Crippen molar-refractivity contribution in [3.05, 3.63) is 29.4 Å². The molecule has 0 radical (unpaired) electrons. The van der Waals surface area contributed by atoms with Gasteiger partial charge in [-0.3, -0.25) is 48.3 Å². The Morgan fingerprint density at radius 3 is 1.60 bits per heavy atom. The van der Waals surface area contributed by atoms with Crippen LogP contribution < -0.4 is 42.5 Å². The third kappa shape index (κ3) is 28.7. The van der Waals surface area contributed by atoms with Crippen LogP contribution in [0.1, 0.15) is 148 Å². The van der Waals surface area contributed by atoms with Gasteiger partial charge in [0, 0.05) is 75.9 Å². The number of aliphatic hydroxyl groups excluding tert-OH is 2. The molecule has 26 nitrogen and oxygen atoms in total. The van der Waals surface area contributed by atoms with Gasteiger partial charge in [0.15, 0.2) is 5.82 Å². The fourth-order valence-corrected chi connectivity index (χ4v) is 8.27. The molecule has 0 unspecified atom stereocenters. The van der Waals surface area contributed by atoms with Gasteiger partial charge in [-0.15, -0.1) is 10.2 Å². The number of ether oxygens (including phenoxy) is 2. The van der Waals surface area contributed by atoms with Crippen molar-refractivity contribution < 1.29 is 58.0 Å². The fourth-order valence-electron chi connectivity index (χ4n) is 8.27. The summed E-state index contributed by atoms with van der Waals surface area (Å²) in [4.78, 5) is 113. The van der Waals surface area contributed by atoms with E-state index in [1.165, 1.54) is 64.8 Å². The number of hydrogen-bond acceptors (Lipinski definition) is 17. The third-order valence-corrected chi connectivity index (χ3v) is 12.7. The minimum absolute atomic E-state index is 0.0265. The van der Waals surface area contributed by atoms with Crippen molar-refractivity contribution in [1.29, 1.82) is 0 Å². The monoisotopic (exact) mass is 1100 g/mol. The first-order chi connectivity index (χ1) is 37.9. The maximum Gasteiger partial charge on any atom is 0.246 e. The number of nitrogens with zero attached hydrogens (tertiary/aromatic N) is 5. The van der Waals surface area contributed by atoms with Crippen LogP contribution in [0.15, 0.2) is 33.5 Å². The van der Waals surface area contributed by atoms with Crippen molar-refractivity contribution in [2.24, 2.45) is 9.98 Å². The Morgan fingerprint density at radius 2 is 1.09 bits per heavy atom. The molecule has 0 aromatic carbocycles. The Kier molecular flexibility index (Phi) is 34.3. The van der Waals surface area contributed by atoms with E-state index in [0.29, 0.717) is 50.0 Å².